The number of aliphatic hydroxyl groups is 1. The van der Waals surface area contributed by atoms with Crippen LogP contribution in [0.3, 0.4) is 0 Å². The summed E-state index contributed by atoms with van der Waals surface area (Å²) in [6, 6.07) is 6.07. The second-order valence-electron chi connectivity index (χ2n) is 6.99. The summed E-state index contributed by atoms with van der Waals surface area (Å²) in [5, 5.41) is 10.1. The highest BCUT2D eigenvalue weighted by Gasteiger charge is 2.37. The number of rotatable bonds is 7. The summed E-state index contributed by atoms with van der Waals surface area (Å²) in [6.45, 7) is 0.979. The molecule has 1 aliphatic rings. The van der Waals surface area contributed by atoms with Gasteiger partial charge in [-0.2, -0.15) is 0 Å². The fourth-order valence-electron chi connectivity index (χ4n) is 2.93. The molecule has 1 saturated heterocycles. The zero-order valence-electron chi connectivity index (χ0n) is 15.3. The maximum Gasteiger partial charge on any atom is 0.236 e. The minimum absolute atomic E-state index is 0.136. The Hall–Kier alpha value is -1.55. The van der Waals surface area contributed by atoms with Crippen LogP contribution in [0.2, 0.25) is 0 Å². The zero-order chi connectivity index (χ0) is 19.5. The van der Waals surface area contributed by atoms with E-state index in [2.05, 4.69) is 0 Å². The first-order chi connectivity index (χ1) is 12.1. The van der Waals surface area contributed by atoms with Crippen molar-refractivity contribution in [1.82, 2.24) is 14.1 Å². The number of nitrogens with zero attached hydrogens (tertiary/aromatic N) is 3. The van der Waals surface area contributed by atoms with Gasteiger partial charge in [-0.05, 0) is 24.7 Å². The van der Waals surface area contributed by atoms with Gasteiger partial charge in [0.2, 0.25) is 15.9 Å². The Labute approximate surface area is 154 Å². The third kappa shape index (κ3) is 5.47. The van der Waals surface area contributed by atoms with Crippen LogP contribution in [-0.2, 0) is 21.4 Å². The molecule has 0 radical (unpaired) electrons. The Morgan fingerprint density at radius 2 is 1.85 bits per heavy atom. The second kappa shape index (κ2) is 8.43. The van der Waals surface area contributed by atoms with Crippen LogP contribution in [0, 0.1) is 11.7 Å². The molecule has 1 heterocycles. The number of halogens is 1. The molecule has 2 rings (SSSR count). The van der Waals surface area contributed by atoms with Crippen molar-refractivity contribution in [2.75, 3.05) is 46.5 Å². The first kappa shape index (κ1) is 20.8. The van der Waals surface area contributed by atoms with Crippen LogP contribution in [0.1, 0.15) is 5.56 Å². The second-order valence-corrected chi connectivity index (χ2v) is 9.21. The van der Waals surface area contributed by atoms with E-state index >= 15 is 0 Å². The number of likely N-dealkylation sites (tertiary alicyclic amines) is 1. The van der Waals surface area contributed by atoms with Crippen molar-refractivity contribution in [3.05, 3.63) is 35.6 Å². The molecule has 146 valence electrons. The van der Waals surface area contributed by atoms with E-state index in [1.807, 2.05) is 0 Å². The molecule has 1 aromatic carbocycles. The highest BCUT2D eigenvalue weighted by molar-refractivity contribution is 7.89. The summed E-state index contributed by atoms with van der Waals surface area (Å²) >= 11 is 0. The number of carbonyl (C=O) groups excluding carboxylic acids is 1. The monoisotopic (exact) mass is 387 g/mol. The number of carbonyl (C=O) groups is 1. The Balaban J connectivity index is 1.88. The van der Waals surface area contributed by atoms with E-state index in [0.717, 1.165) is 9.87 Å². The van der Waals surface area contributed by atoms with Crippen LogP contribution in [0.15, 0.2) is 24.3 Å². The molecule has 1 aromatic rings. The van der Waals surface area contributed by atoms with Crippen LogP contribution in [0.4, 0.5) is 4.39 Å². The van der Waals surface area contributed by atoms with Crippen LogP contribution < -0.4 is 0 Å². The Morgan fingerprint density at radius 1 is 1.23 bits per heavy atom. The lowest BCUT2D eigenvalue weighted by atomic mass is 10.1. The molecule has 0 spiro atoms. The van der Waals surface area contributed by atoms with E-state index in [1.165, 1.54) is 31.1 Å². The van der Waals surface area contributed by atoms with Gasteiger partial charge in [-0.1, -0.05) is 12.1 Å². The number of aliphatic hydroxyl groups excluding tert-OH is 1. The lowest BCUT2D eigenvalue weighted by Gasteiger charge is -2.21. The van der Waals surface area contributed by atoms with Crippen LogP contribution in [-0.4, -0.2) is 86.2 Å². The molecule has 7 nitrogen and oxygen atoms in total. The fraction of sp³-hybridized carbons (Fsp3) is 0.588. The van der Waals surface area contributed by atoms with Gasteiger partial charge in [0.05, 0.1) is 18.4 Å². The lowest BCUT2D eigenvalue weighted by molar-refractivity contribution is -0.131. The number of amides is 1. The molecule has 1 amide bonds. The quantitative estimate of drug-likeness (QED) is 0.711. The Morgan fingerprint density at radius 3 is 2.42 bits per heavy atom. The van der Waals surface area contributed by atoms with Crippen LogP contribution in [0.5, 0.6) is 0 Å². The van der Waals surface area contributed by atoms with Gasteiger partial charge in [-0.3, -0.25) is 9.69 Å². The summed E-state index contributed by atoms with van der Waals surface area (Å²) < 4.78 is 38.0. The summed E-state index contributed by atoms with van der Waals surface area (Å²) in [7, 11) is 1.24. The van der Waals surface area contributed by atoms with Gasteiger partial charge in [0.25, 0.3) is 0 Å². The molecule has 0 aromatic heterocycles. The first-order valence-electron chi connectivity index (χ1n) is 8.37. The van der Waals surface area contributed by atoms with Crippen molar-refractivity contribution >= 4 is 15.9 Å². The maximum atomic E-state index is 12.9. The Kier molecular flexibility index (Phi) is 6.73. The number of hydrogen-bond donors (Lipinski definition) is 1. The maximum absolute atomic E-state index is 12.9. The van der Waals surface area contributed by atoms with E-state index in [1.54, 1.807) is 24.1 Å². The van der Waals surface area contributed by atoms with Crippen molar-refractivity contribution < 1.29 is 22.7 Å². The molecular formula is C17H26FN3O4S. The molecule has 1 aliphatic heterocycles. The van der Waals surface area contributed by atoms with Gasteiger partial charge in [0, 0.05) is 39.6 Å². The summed E-state index contributed by atoms with van der Waals surface area (Å²) in [5.41, 5.74) is 0.887. The predicted molar refractivity (Wildman–Crippen MR) is 96.3 cm³/mol. The highest BCUT2D eigenvalue weighted by atomic mass is 32.2. The van der Waals surface area contributed by atoms with Gasteiger partial charge in [-0.25, -0.2) is 17.1 Å². The molecule has 1 fully saturated rings. The fourth-order valence-corrected chi connectivity index (χ4v) is 4.10. The van der Waals surface area contributed by atoms with Crippen molar-refractivity contribution in [2.45, 2.75) is 12.6 Å². The number of β-amino-alcohol motifs (C(OH)–C–C–N with tert-alkyl or cyclic N) is 1. The molecule has 1 N–H and O–H groups in total. The highest BCUT2D eigenvalue weighted by Crippen LogP contribution is 2.20. The van der Waals surface area contributed by atoms with Crippen molar-refractivity contribution in [3.8, 4) is 0 Å². The van der Waals surface area contributed by atoms with Gasteiger partial charge >= 0.3 is 0 Å². The third-order valence-corrected chi connectivity index (χ3v) is 6.47. The minimum atomic E-state index is -3.44. The number of likely N-dealkylation sites (N-methyl/N-ethyl adjacent to an activating group) is 1. The van der Waals surface area contributed by atoms with E-state index in [0.29, 0.717) is 6.54 Å². The van der Waals surface area contributed by atoms with Crippen LogP contribution in [0.25, 0.3) is 0 Å². The average molecular weight is 387 g/mol. The summed E-state index contributed by atoms with van der Waals surface area (Å²) in [5.74, 6) is -1.15. The number of benzene rings is 1. The van der Waals surface area contributed by atoms with Gasteiger partial charge in [-0.15, -0.1) is 0 Å². The normalized spacial score (nSPS) is 21.0. The molecule has 0 aliphatic carbocycles. The molecule has 0 bridgehead atoms. The van der Waals surface area contributed by atoms with Crippen LogP contribution >= 0.6 is 0 Å². The molecule has 0 saturated carbocycles. The van der Waals surface area contributed by atoms with Crippen molar-refractivity contribution in [1.29, 1.82) is 0 Å². The SMILES string of the molecule is CN(CC(=O)N1C[C@@H](CS(=O)(=O)N(C)C)[C@H](O)C1)Cc1ccc(F)cc1. The lowest BCUT2D eigenvalue weighted by Crippen LogP contribution is -2.38. The third-order valence-electron chi connectivity index (χ3n) is 4.51. The summed E-state index contributed by atoms with van der Waals surface area (Å²) in [4.78, 5) is 15.7. The Bertz CT molecular complexity index is 724. The van der Waals surface area contributed by atoms with Gasteiger partial charge < -0.3 is 10.0 Å². The molecule has 2 atom stereocenters. The number of sulfonamides is 1. The van der Waals surface area contributed by atoms with E-state index < -0.39 is 22.0 Å². The molecular weight excluding hydrogens is 361 g/mol. The predicted octanol–water partition coefficient (Wildman–Crippen LogP) is -0.0318. The summed E-state index contributed by atoms with van der Waals surface area (Å²) in [6.07, 6.45) is -0.851. The van der Waals surface area contributed by atoms with E-state index in [9.17, 15) is 22.7 Å². The standard InChI is InChI=1S/C17H26FN3O4S/c1-19(2)26(24,25)12-14-9-21(10-16(14)22)17(23)11-20(3)8-13-4-6-15(18)7-5-13/h4-7,14,16,22H,8-12H2,1-3H3/t14-,16+/m0/s1. The van der Waals surface area contributed by atoms with Gasteiger partial charge in [0.15, 0.2) is 0 Å². The largest absolute Gasteiger partial charge is 0.391 e. The molecule has 26 heavy (non-hydrogen) atoms. The minimum Gasteiger partial charge on any atom is -0.391 e. The molecule has 9 heteroatoms. The van der Waals surface area contributed by atoms with E-state index in [-0.39, 0.29) is 37.1 Å². The van der Waals surface area contributed by atoms with E-state index in [4.69, 9.17) is 0 Å². The molecule has 0 unspecified atom stereocenters. The average Bonchev–Trinajstić information content (AvgIpc) is 2.90. The zero-order valence-corrected chi connectivity index (χ0v) is 16.1. The number of hydrogen-bond acceptors (Lipinski definition) is 5. The topological polar surface area (TPSA) is 81.2 Å². The van der Waals surface area contributed by atoms with Crippen molar-refractivity contribution in [2.24, 2.45) is 5.92 Å². The van der Waals surface area contributed by atoms with Gasteiger partial charge in [0.1, 0.15) is 5.82 Å². The first-order valence-corrected chi connectivity index (χ1v) is 9.98. The smallest absolute Gasteiger partial charge is 0.236 e. The van der Waals surface area contributed by atoms with Crippen molar-refractivity contribution in [3.63, 3.8) is 0 Å².